The van der Waals surface area contributed by atoms with Crippen LogP contribution >= 0.6 is 0 Å². The van der Waals surface area contributed by atoms with Crippen molar-refractivity contribution in [2.45, 2.75) is 104 Å². The quantitative estimate of drug-likeness (QED) is 0.231. The molecule has 4 aromatic heterocycles. The summed E-state index contributed by atoms with van der Waals surface area (Å²) in [6.07, 6.45) is 26.2. The number of nitrogens with zero attached hydrogens (tertiary/aromatic N) is 6. The number of aromatic nitrogens is 6. The van der Waals surface area contributed by atoms with Gasteiger partial charge >= 0.3 is 0 Å². The molecule has 3 aliphatic carbocycles. The summed E-state index contributed by atoms with van der Waals surface area (Å²) in [6.45, 7) is 10.4. The minimum Gasteiger partial charge on any atom is -0.381 e. The molecule has 1 N–H and O–H groups in total. The summed E-state index contributed by atoms with van der Waals surface area (Å²) in [5, 5.41) is 3.49. The van der Waals surface area contributed by atoms with Crippen molar-refractivity contribution in [1.82, 2.24) is 34.1 Å². The second-order valence-electron chi connectivity index (χ2n) is 15.8. The molecule has 3 aliphatic heterocycles. The number of nitrogens with one attached hydrogen (secondary N) is 1. The third-order valence-corrected chi connectivity index (χ3v) is 12.8. The predicted octanol–water partition coefficient (Wildman–Crippen LogP) is 8.08. The fraction of sp³-hybridized carbons (Fsp3) is 0.619. The Hall–Kier alpha value is -3.40. The Labute approximate surface area is 304 Å². The number of piperidine rings is 1. The number of hydrogen-bond donors (Lipinski definition) is 1. The summed E-state index contributed by atoms with van der Waals surface area (Å²) in [4.78, 5) is 19.4. The highest BCUT2D eigenvalue weighted by molar-refractivity contribution is 5.74. The van der Waals surface area contributed by atoms with E-state index < -0.39 is 0 Å². The van der Waals surface area contributed by atoms with Crippen LogP contribution in [-0.2, 0) is 22.3 Å². The lowest BCUT2D eigenvalue weighted by atomic mass is 9.79. The summed E-state index contributed by atoms with van der Waals surface area (Å²) < 4.78 is 15.8. The maximum absolute atomic E-state index is 5.57. The Morgan fingerprint density at radius 2 is 1.18 bits per heavy atom. The van der Waals surface area contributed by atoms with Crippen molar-refractivity contribution < 1.29 is 10.9 Å². The van der Waals surface area contributed by atoms with E-state index in [-0.39, 0.29) is 8.85 Å². The number of ether oxygens (including phenoxy) is 2. The highest BCUT2D eigenvalue weighted by Crippen LogP contribution is 2.41. The SMILES string of the molecule is C.CC1CCCCC1c1cn2c3c(ncc2n1)CC=C3C1CCOCC1.CC1CNCCC1c1cn2c3c(ncc2n1)CC=C3C1CCOCC1.[HH]. The zero-order valence-electron chi connectivity index (χ0n) is 29.9. The van der Waals surface area contributed by atoms with Gasteiger partial charge in [-0.3, -0.25) is 18.8 Å². The van der Waals surface area contributed by atoms with E-state index in [9.17, 15) is 0 Å². The summed E-state index contributed by atoms with van der Waals surface area (Å²) in [6, 6.07) is 0. The molecule has 51 heavy (non-hydrogen) atoms. The first-order valence-electron chi connectivity index (χ1n) is 19.6. The van der Waals surface area contributed by atoms with Crippen molar-refractivity contribution in [3.05, 3.63) is 71.1 Å². The van der Waals surface area contributed by atoms with E-state index in [2.05, 4.69) is 52.5 Å². The van der Waals surface area contributed by atoms with Gasteiger partial charge in [-0.25, -0.2) is 9.97 Å². The molecule has 0 radical (unpaired) electrons. The average Bonchev–Trinajstić information content (AvgIpc) is 3.97. The van der Waals surface area contributed by atoms with Crippen LogP contribution < -0.4 is 5.32 Å². The van der Waals surface area contributed by atoms with Gasteiger partial charge < -0.3 is 14.8 Å². The lowest BCUT2D eigenvalue weighted by Gasteiger charge is -2.28. The molecule has 9 heteroatoms. The Morgan fingerprint density at radius 1 is 0.667 bits per heavy atom. The number of rotatable bonds is 4. The van der Waals surface area contributed by atoms with Gasteiger partial charge in [0.15, 0.2) is 11.3 Å². The van der Waals surface area contributed by atoms with Crippen LogP contribution in [0.25, 0.3) is 22.4 Å². The third-order valence-electron chi connectivity index (χ3n) is 12.8. The fourth-order valence-electron chi connectivity index (χ4n) is 9.86. The van der Waals surface area contributed by atoms with Crippen LogP contribution in [0.2, 0.25) is 0 Å². The molecular weight excluding hydrogens is 635 g/mol. The molecule has 3 saturated heterocycles. The van der Waals surface area contributed by atoms with Gasteiger partial charge in [-0.2, -0.15) is 0 Å². The molecule has 4 fully saturated rings. The standard InChI is InChI=1S/C21H27N3O.C20H26N4O.CH4.H2/c1-14-4-2-3-5-16(14)19-13-24-20(23-19)12-22-18-7-6-17(21(18)24)15-8-10-25-11-9-15;1-13-10-21-7-4-15(13)18-12-24-19(23-18)11-22-17-3-2-16(20(17)24)14-5-8-25-9-6-14;;/h6,12-16H,2-5,7-11H2,1H3;2,11-15,21H,3-10H2,1H3;1H4;1H. The first kappa shape index (κ1) is 34.7. The number of imidazole rings is 2. The monoisotopic (exact) mass is 693 g/mol. The first-order valence-corrected chi connectivity index (χ1v) is 19.6. The van der Waals surface area contributed by atoms with E-state index in [4.69, 9.17) is 29.4 Å². The summed E-state index contributed by atoms with van der Waals surface area (Å²) in [7, 11) is 0. The topological polar surface area (TPSA) is 90.9 Å². The van der Waals surface area contributed by atoms with Gasteiger partial charge in [0.2, 0.25) is 0 Å². The average molecular weight is 694 g/mol. The normalized spacial score (nSPS) is 26.9. The Bertz CT molecular complexity index is 1780. The molecule has 1 saturated carbocycles. The van der Waals surface area contributed by atoms with Gasteiger partial charge in [0, 0.05) is 64.9 Å². The van der Waals surface area contributed by atoms with Crippen molar-refractivity contribution in [2.75, 3.05) is 39.5 Å². The van der Waals surface area contributed by atoms with Crippen molar-refractivity contribution >= 4 is 22.4 Å². The van der Waals surface area contributed by atoms with Crippen molar-refractivity contribution in [1.29, 1.82) is 0 Å². The van der Waals surface area contributed by atoms with Crippen LogP contribution in [-0.4, -0.2) is 68.3 Å². The number of fused-ring (bicyclic) bond motifs is 6. The first-order chi connectivity index (χ1) is 24.6. The Morgan fingerprint density at radius 3 is 1.69 bits per heavy atom. The molecular formula is C42H59N7O2. The van der Waals surface area contributed by atoms with Gasteiger partial charge in [-0.1, -0.05) is 52.7 Å². The molecule has 0 bridgehead atoms. The summed E-state index contributed by atoms with van der Waals surface area (Å²) in [5.74, 6) is 3.75. The lowest BCUT2D eigenvalue weighted by molar-refractivity contribution is 0.0806. The molecule has 4 unspecified atom stereocenters. The second-order valence-corrected chi connectivity index (χ2v) is 15.8. The van der Waals surface area contributed by atoms with Crippen LogP contribution in [0.5, 0.6) is 0 Å². The van der Waals surface area contributed by atoms with Crippen molar-refractivity contribution in [2.24, 2.45) is 23.7 Å². The Balaban J connectivity index is 0.000000156. The van der Waals surface area contributed by atoms with Gasteiger partial charge in [-0.05, 0) is 86.4 Å². The maximum Gasteiger partial charge on any atom is 0.156 e. The van der Waals surface area contributed by atoms with Crippen molar-refractivity contribution in [3.63, 3.8) is 0 Å². The van der Waals surface area contributed by atoms with Crippen LogP contribution in [0.1, 0.15) is 126 Å². The van der Waals surface area contributed by atoms with Crippen LogP contribution in [0.4, 0.5) is 0 Å². The van der Waals surface area contributed by atoms with Crippen LogP contribution in [0, 0.1) is 23.7 Å². The van der Waals surface area contributed by atoms with Crippen LogP contribution in [0.3, 0.4) is 0 Å². The molecule has 0 spiro atoms. The largest absolute Gasteiger partial charge is 0.381 e. The predicted molar refractivity (Wildman–Crippen MR) is 205 cm³/mol. The van der Waals surface area contributed by atoms with E-state index in [1.54, 1.807) is 0 Å². The van der Waals surface area contributed by atoms with E-state index in [0.717, 1.165) is 95.3 Å². The molecule has 6 aliphatic rings. The van der Waals surface area contributed by atoms with Gasteiger partial charge in [-0.15, -0.1) is 0 Å². The molecule has 0 amide bonds. The van der Waals surface area contributed by atoms with Crippen molar-refractivity contribution in [3.8, 4) is 0 Å². The fourth-order valence-corrected chi connectivity index (χ4v) is 9.86. The third kappa shape index (κ3) is 6.59. The molecule has 10 rings (SSSR count). The lowest BCUT2D eigenvalue weighted by Crippen LogP contribution is -2.33. The highest BCUT2D eigenvalue weighted by Gasteiger charge is 2.32. The Kier molecular flexibility index (Phi) is 10.1. The van der Waals surface area contributed by atoms with Crippen LogP contribution in [0.15, 0.2) is 36.9 Å². The summed E-state index contributed by atoms with van der Waals surface area (Å²) >= 11 is 0. The molecule has 274 valence electrons. The maximum atomic E-state index is 5.57. The number of hydrogen-bond acceptors (Lipinski definition) is 7. The zero-order chi connectivity index (χ0) is 33.6. The molecule has 7 heterocycles. The number of allylic oxidation sites excluding steroid dienone is 4. The van der Waals surface area contributed by atoms with Gasteiger partial charge in [0.05, 0.1) is 46.6 Å². The minimum atomic E-state index is 0. The van der Waals surface area contributed by atoms with E-state index in [1.807, 2.05) is 12.4 Å². The zero-order valence-corrected chi connectivity index (χ0v) is 29.9. The molecule has 4 aromatic rings. The highest BCUT2D eigenvalue weighted by atomic mass is 16.5. The van der Waals surface area contributed by atoms with E-state index in [1.165, 1.54) is 77.4 Å². The summed E-state index contributed by atoms with van der Waals surface area (Å²) in [5.41, 5.74) is 12.5. The van der Waals surface area contributed by atoms with E-state index >= 15 is 0 Å². The van der Waals surface area contributed by atoms with E-state index in [0.29, 0.717) is 29.6 Å². The van der Waals surface area contributed by atoms with Gasteiger partial charge in [0.25, 0.3) is 0 Å². The minimum absolute atomic E-state index is 0. The van der Waals surface area contributed by atoms with Gasteiger partial charge in [0.1, 0.15) is 0 Å². The smallest absolute Gasteiger partial charge is 0.156 e. The second kappa shape index (κ2) is 14.9. The molecule has 9 nitrogen and oxygen atoms in total. The molecule has 4 atom stereocenters. The molecule has 0 aromatic carbocycles.